The smallest absolute Gasteiger partial charge is 0.262 e. The number of thiophene rings is 1. The van der Waals surface area contributed by atoms with Gasteiger partial charge in [-0.25, -0.2) is 8.42 Å². The minimum atomic E-state index is -3.72. The normalized spacial score (nSPS) is 18.3. The number of halogens is 1. The van der Waals surface area contributed by atoms with Crippen LogP contribution in [0, 0.1) is 5.92 Å². The highest BCUT2D eigenvalue weighted by Gasteiger charge is 2.32. The SMILES string of the molecule is CC[C@H](C)[C@H](NC(=O)c1cc2ccccc2s1)C(=O)NCC1CN(S(=O)(=O)c2ccc(Cl)cc2)CCO1. The third-order valence-electron chi connectivity index (χ3n) is 6.49. The average Bonchev–Trinajstić information content (AvgIpc) is 3.35. The van der Waals surface area contributed by atoms with Crippen molar-refractivity contribution in [3.8, 4) is 0 Å². The maximum absolute atomic E-state index is 13.1. The molecule has 2 amide bonds. The van der Waals surface area contributed by atoms with Gasteiger partial charge in [-0.1, -0.05) is 50.1 Å². The Hall–Kier alpha value is -2.50. The van der Waals surface area contributed by atoms with E-state index in [1.165, 1.54) is 39.9 Å². The fraction of sp³-hybridized carbons (Fsp3) is 0.385. The fourth-order valence-corrected chi connectivity index (χ4v) is 6.67. The highest BCUT2D eigenvalue weighted by atomic mass is 35.5. The van der Waals surface area contributed by atoms with E-state index in [2.05, 4.69) is 10.6 Å². The highest BCUT2D eigenvalue weighted by molar-refractivity contribution is 7.89. The van der Waals surface area contributed by atoms with Gasteiger partial charge < -0.3 is 15.4 Å². The standard InChI is InChI=1S/C26H30ClN3O5S2/c1-3-17(2)24(29-25(31)23-14-18-6-4-5-7-22(18)36-23)26(32)28-15-20-16-30(12-13-35-20)37(33,34)21-10-8-19(27)9-11-21/h4-11,14,17,20,24H,3,12-13,15-16H2,1-2H3,(H,28,32)(H,29,31)/t17-,20?,24-/m0/s1. The summed E-state index contributed by atoms with van der Waals surface area (Å²) >= 11 is 7.27. The predicted molar refractivity (Wildman–Crippen MR) is 145 cm³/mol. The summed E-state index contributed by atoms with van der Waals surface area (Å²) in [5.74, 6) is -0.728. The predicted octanol–water partition coefficient (Wildman–Crippen LogP) is 3.91. The molecule has 0 aliphatic carbocycles. The Morgan fingerprint density at radius 2 is 1.92 bits per heavy atom. The van der Waals surface area contributed by atoms with E-state index in [4.69, 9.17) is 16.3 Å². The Kier molecular flexibility index (Phi) is 8.86. The quantitative estimate of drug-likeness (QED) is 0.411. The second-order valence-corrected chi connectivity index (χ2v) is 12.5. The average molecular weight is 564 g/mol. The molecule has 198 valence electrons. The maximum Gasteiger partial charge on any atom is 0.262 e. The zero-order chi connectivity index (χ0) is 26.6. The van der Waals surface area contributed by atoms with Gasteiger partial charge in [-0.2, -0.15) is 4.31 Å². The summed E-state index contributed by atoms with van der Waals surface area (Å²) < 4.78 is 34.2. The number of amides is 2. The van der Waals surface area contributed by atoms with Gasteiger partial charge in [0.25, 0.3) is 5.91 Å². The van der Waals surface area contributed by atoms with Crippen LogP contribution >= 0.6 is 22.9 Å². The van der Waals surface area contributed by atoms with Crippen LogP contribution in [0.4, 0.5) is 0 Å². The van der Waals surface area contributed by atoms with Gasteiger partial charge >= 0.3 is 0 Å². The van der Waals surface area contributed by atoms with Gasteiger partial charge in [0.1, 0.15) is 6.04 Å². The Morgan fingerprint density at radius 1 is 1.19 bits per heavy atom. The van der Waals surface area contributed by atoms with Gasteiger partial charge in [0.2, 0.25) is 15.9 Å². The molecule has 37 heavy (non-hydrogen) atoms. The number of carbonyl (C=O) groups excluding carboxylic acids is 2. The molecular formula is C26H30ClN3O5S2. The van der Waals surface area contributed by atoms with E-state index >= 15 is 0 Å². The zero-order valence-electron chi connectivity index (χ0n) is 20.6. The van der Waals surface area contributed by atoms with Crippen molar-refractivity contribution in [2.45, 2.75) is 37.3 Å². The number of carbonyl (C=O) groups is 2. The van der Waals surface area contributed by atoms with Crippen LogP contribution in [0.1, 0.15) is 29.9 Å². The molecule has 1 unspecified atom stereocenters. The molecule has 11 heteroatoms. The van der Waals surface area contributed by atoms with Crippen molar-refractivity contribution in [1.29, 1.82) is 0 Å². The lowest BCUT2D eigenvalue weighted by atomic mass is 9.98. The molecule has 0 bridgehead atoms. The van der Waals surface area contributed by atoms with Gasteiger partial charge in [0, 0.05) is 29.4 Å². The molecule has 4 rings (SSSR count). The molecule has 0 spiro atoms. The van der Waals surface area contributed by atoms with Crippen molar-refractivity contribution in [2.75, 3.05) is 26.2 Å². The lowest BCUT2D eigenvalue weighted by Gasteiger charge is -2.32. The number of fused-ring (bicyclic) bond motifs is 1. The third-order valence-corrected chi connectivity index (χ3v) is 9.73. The molecule has 2 N–H and O–H groups in total. The molecule has 1 aliphatic rings. The van der Waals surface area contributed by atoms with Crippen molar-refractivity contribution < 1.29 is 22.7 Å². The van der Waals surface area contributed by atoms with Crippen molar-refractivity contribution >= 4 is 54.9 Å². The van der Waals surface area contributed by atoms with Gasteiger partial charge in [-0.05, 0) is 47.7 Å². The number of morpholine rings is 1. The monoisotopic (exact) mass is 563 g/mol. The number of nitrogens with zero attached hydrogens (tertiary/aromatic N) is 1. The summed E-state index contributed by atoms with van der Waals surface area (Å²) in [6.45, 7) is 4.53. The molecule has 3 aromatic rings. The van der Waals surface area contributed by atoms with Gasteiger partial charge in [-0.15, -0.1) is 11.3 Å². The maximum atomic E-state index is 13.1. The minimum absolute atomic E-state index is 0.104. The van der Waals surface area contributed by atoms with Crippen LogP contribution in [-0.2, 0) is 19.6 Å². The molecule has 0 radical (unpaired) electrons. The van der Waals surface area contributed by atoms with E-state index in [0.717, 1.165) is 10.1 Å². The molecule has 1 aliphatic heterocycles. The summed E-state index contributed by atoms with van der Waals surface area (Å²) in [6.07, 6.45) is 0.174. The lowest BCUT2D eigenvalue weighted by molar-refractivity contribution is -0.125. The number of hydrogen-bond acceptors (Lipinski definition) is 6. The van der Waals surface area contributed by atoms with Crippen LogP contribution < -0.4 is 10.6 Å². The van der Waals surface area contributed by atoms with E-state index < -0.39 is 22.2 Å². The van der Waals surface area contributed by atoms with Crippen molar-refractivity contribution in [1.82, 2.24) is 14.9 Å². The minimum Gasteiger partial charge on any atom is -0.374 e. The van der Waals surface area contributed by atoms with Crippen molar-refractivity contribution in [3.05, 3.63) is 64.5 Å². The van der Waals surface area contributed by atoms with E-state index in [0.29, 0.717) is 16.3 Å². The number of benzene rings is 2. The van der Waals surface area contributed by atoms with Crippen molar-refractivity contribution in [3.63, 3.8) is 0 Å². The Bertz CT molecular complexity index is 1330. The van der Waals surface area contributed by atoms with Crippen LogP contribution in [0.2, 0.25) is 5.02 Å². The van der Waals surface area contributed by atoms with E-state index in [1.807, 2.05) is 44.2 Å². The lowest BCUT2D eigenvalue weighted by Crippen LogP contribution is -2.54. The van der Waals surface area contributed by atoms with Crippen LogP contribution in [0.25, 0.3) is 10.1 Å². The molecule has 0 saturated carbocycles. The Balaban J connectivity index is 1.38. The number of sulfonamides is 1. The first-order valence-electron chi connectivity index (χ1n) is 12.1. The molecule has 2 aromatic carbocycles. The first kappa shape index (κ1) is 27.5. The highest BCUT2D eigenvalue weighted by Crippen LogP contribution is 2.25. The third kappa shape index (κ3) is 6.50. The molecule has 3 atom stereocenters. The van der Waals surface area contributed by atoms with Crippen LogP contribution in [-0.4, -0.2) is 62.9 Å². The zero-order valence-corrected chi connectivity index (χ0v) is 23.0. The summed E-state index contributed by atoms with van der Waals surface area (Å²) in [6, 6.07) is 14.8. The molecular weight excluding hydrogens is 534 g/mol. The Labute approximate surface area is 226 Å². The van der Waals surface area contributed by atoms with Crippen molar-refractivity contribution in [2.24, 2.45) is 5.92 Å². The number of nitrogens with one attached hydrogen (secondary N) is 2. The van der Waals surface area contributed by atoms with Crippen LogP contribution in [0.5, 0.6) is 0 Å². The first-order chi connectivity index (χ1) is 17.7. The summed E-state index contributed by atoms with van der Waals surface area (Å²) in [5, 5.41) is 7.19. The van der Waals surface area contributed by atoms with Crippen LogP contribution in [0.15, 0.2) is 59.5 Å². The van der Waals surface area contributed by atoms with Gasteiger partial charge in [-0.3, -0.25) is 9.59 Å². The fourth-order valence-electron chi connectivity index (χ4n) is 4.12. The Morgan fingerprint density at radius 3 is 2.62 bits per heavy atom. The van der Waals surface area contributed by atoms with Crippen LogP contribution in [0.3, 0.4) is 0 Å². The van der Waals surface area contributed by atoms with E-state index in [9.17, 15) is 18.0 Å². The number of hydrogen-bond donors (Lipinski definition) is 2. The molecule has 8 nitrogen and oxygen atoms in total. The second-order valence-electron chi connectivity index (χ2n) is 9.04. The first-order valence-corrected chi connectivity index (χ1v) is 14.8. The summed E-state index contributed by atoms with van der Waals surface area (Å²) in [4.78, 5) is 26.8. The number of rotatable bonds is 9. The molecule has 1 aromatic heterocycles. The molecule has 2 heterocycles. The number of ether oxygens (including phenoxy) is 1. The summed E-state index contributed by atoms with van der Waals surface area (Å²) in [7, 11) is -3.72. The van der Waals surface area contributed by atoms with E-state index in [1.54, 1.807) is 0 Å². The molecule has 1 fully saturated rings. The second kappa shape index (κ2) is 11.9. The molecule has 1 saturated heterocycles. The topological polar surface area (TPSA) is 105 Å². The summed E-state index contributed by atoms with van der Waals surface area (Å²) in [5.41, 5.74) is 0. The van der Waals surface area contributed by atoms with E-state index in [-0.39, 0.29) is 48.9 Å². The largest absolute Gasteiger partial charge is 0.374 e. The van der Waals surface area contributed by atoms with Gasteiger partial charge in [0.15, 0.2) is 0 Å². The van der Waals surface area contributed by atoms with Gasteiger partial charge in [0.05, 0.1) is 22.5 Å².